The van der Waals surface area contributed by atoms with E-state index >= 15 is 0 Å². The van der Waals surface area contributed by atoms with Crippen LogP contribution in [0.3, 0.4) is 0 Å². The Hall–Kier alpha value is -6.56. The van der Waals surface area contributed by atoms with E-state index in [4.69, 9.17) is 56.5 Å². The summed E-state index contributed by atoms with van der Waals surface area (Å²) in [5.74, 6) is -2.13. The molecule has 19 nitrogen and oxygen atoms in total. The number of benzene rings is 5. The molecule has 2 amide bonds. The summed E-state index contributed by atoms with van der Waals surface area (Å²) in [5, 5.41) is 19.0. The van der Waals surface area contributed by atoms with E-state index in [2.05, 4.69) is 55.7 Å². The minimum Gasteiger partial charge on any atom is -0.459 e. The molecule has 5 aromatic rings. The van der Waals surface area contributed by atoms with E-state index in [1.54, 1.807) is 0 Å². The monoisotopic (exact) mass is 1270 g/mol. The number of hydrogen-bond donors (Lipinski definition) is 3. The minimum atomic E-state index is -3.62. The highest BCUT2D eigenvalue weighted by Crippen LogP contribution is 2.48. The highest BCUT2D eigenvalue weighted by Gasteiger charge is 2.62. The lowest BCUT2D eigenvalue weighted by atomic mass is 9.76. The van der Waals surface area contributed by atoms with Gasteiger partial charge in [-0.05, 0) is 70.1 Å². The minimum absolute atomic E-state index is 0.00902. The molecular formula is C71H88N2O17Si. The van der Waals surface area contributed by atoms with Crippen LogP contribution in [-0.4, -0.2) is 136 Å². The quantitative estimate of drug-likeness (QED) is 0.0375. The first-order chi connectivity index (χ1) is 43.9. The number of alkyl carbamates (subject to hydrolysis) is 2. The van der Waals surface area contributed by atoms with Gasteiger partial charge in [-0.2, -0.15) is 0 Å². The zero-order valence-corrected chi connectivity index (χ0v) is 54.1. The van der Waals surface area contributed by atoms with Crippen LogP contribution in [-0.2, 0) is 79.3 Å². The third kappa shape index (κ3) is 14.6. The van der Waals surface area contributed by atoms with Crippen LogP contribution in [0.1, 0.15) is 117 Å². The van der Waals surface area contributed by atoms with Gasteiger partial charge >= 0.3 is 24.1 Å². The number of ether oxygens (including phenoxy) is 11. The lowest BCUT2D eigenvalue weighted by Gasteiger charge is -2.50. The maximum atomic E-state index is 14.4. The van der Waals surface area contributed by atoms with Crippen LogP contribution in [0.4, 0.5) is 9.59 Å². The van der Waals surface area contributed by atoms with Crippen molar-refractivity contribution in [2.75, 3.05) is 0 Å². The summed E-state index contributed by atoms with van der Waals surface area (Å²) in [6.45, 7) is 15.5. The topological polar surface area (TPSA) is 223 Å². The standard InChI is InChI=1S/C71H88N2O17Si/c1-9-51-58(76)43(4)56(72-69(77)79-40-45-26-16-11-17-27-45)66(83-51)87-59-42(3)38-48-39-55(75)86-60(48)64(59)89-68-65(90-91(71(6,7)8,49-32-22-14-23-33-49)50-34-24-15-25-35-50)61(52(10-2)84-68)88-67-57(73-70(78)80-41-46-28-18-12-19-29-46)63(81-44(5)74)62-54(85-67)37-36-53(82-62)47-30-20-13-21-31-47/h11-35,42-43,48,51-54,56-68,76H,9-10,36-41H2,1-8H3,(H,72,77)(H,73,78)/t42-,43-,48-,51+,52+,53?,54-,56+,57+,58-,59+,60-,61+,62+,63+,64-,65+,66+,67+,68-/m0/s1. The summed E-state index contributed by atoms with van der Waals surface area (Å²) >= 11 is 0. The van der Waals surface area contributed by atoms with Crippen LogP contribution in [0.5, 0.6) is 0 Å². The zero-order chi connectivity index (χ0) is 64.0. The average Bonchev–Trinajstić information content (AvgIpc) is 1.76. The van der Waals surface area contributed by atoms with E-state index in [1.165, 1.54) is 6.92 Å². The number of amides is 2. The van der Waals surface area contributed by atoms with Crippen LogP contribution in [0.2, 0.25) is 5.04 Å². The maximum absolute atomic E-state index is 14.4. The Labute approximate surface area is 534 Å². The predicted octanol–water partition coefficient (Wildman–Crippen LogP) is 9.49. The first kappa shape index (κ1) is 65.9. The van der Waals surface area contributed by atoms with Gasteiger partial charge in [0.2, 0.25) is 0 Å². The fourth-order valence-electron chi connectivity index (χ4n) is 14.4. The number of carbonyl (C=O) groups is 4. The van der Waals surface area contributed by atoms with Gasteiger partial charge in [-0.3, -0.25) is 9.59 Å². The van der Waals surface area contributed by atoms with Gasteiger partial charge in [-0.15, -0.1) is 0 Å². The van der Waals surface area contributed by atoms with Crippen molar-refractivity contribution in [2.24, 2.45) is 17.8 Å². The molecule has 5 saturated heterocycles. The molecule has 91 heavy (non-hydrogen) atoms. The van der Waals surface area contributed by atoms with Crippen molar-refractivity contribution in [1.82, 2.24) is 10.6 Å². The molecule has 20 atom stereocenters. The molecule has 0 bridgehead atoms. The molecule has 1 unspecified atom stereocenters. The number of aliphatic hydroxyl groups is 1. The Morgan fingerprint density at radius 2 is 1.11 bits per heavy atom. The van der Waals surface area contributed by atoms with E-state index in [9.17, 15) is 24.3 Å². The van der Waals surface area contributed by atoms with E-state index in [1.807, 2.05) is 155 Å². The maximum Gasteiger partial charge on any atom is 0.407 e. The molecule has 6 fully saturated rings. The molecule has 3 N–H and O–H groups in total. The van der Waals surface area contributed by atoms with Gasteiger partial charge in [0.15, 0.2) is 25.0 Å². The SMILES string of the molecule is CC[C@H]1O[C@H](O[C@H]2[C@H](O[C@@H]3O[C@H](CC)[C@@H](O[C@H]4O[C@H]5CCC(c6ccccc6)O[C@H]5[C@H](OC(C)=O)[C@H]4NC(=O)OCc4ccccc4)[C@H]3O[Si](c3ccccc3)(c3ccccc3)C(C)(C)C)[C@H]3OC(=O)C[C@@H]3C[C@@H]2C)[C@H](NC(=O)OCc2ccccc2)[C@H](C)[C@@H]1O. The smallest absolute Gasteiger partial charge is 0.407 e. The number of esters is 2. The number of nitrogens with one attached hydrogen (secondary N) is 2. The summed E-state index contributed by atoms with van der Waals surface area (Å²) in [5.41, 5.74) is 2.49. The summed E-state index contributed by atoms with van der Waals surface area (Å²) < 4.78 is 82.7. The summed E-state index contributed by atoms with van der Waals surface area (Å²) in [7, 11) is -3.62. The first-order valence-corrected chi connectivity index (χ1v) is 34.2. The van der Waals surface area contributed by atoms with Crippen LogP contribution < -0.4 is 21.0 Å². The van der Waals surface area contributed by atoms with Crippen molar-refractivity contribution >= 4 is 42.8 Å². The van der Waals surface area contributed by atoms with Gasteiger partial charge in [-0.1, -0.05) is 200 Å². The number of carbonyl (C=O) groups excluding carboxylic acids is 4. The summed E-state index contributed by atoms with van der Waals surface area (Å²) in [4.78, 5) is 55.3. The van der Waals surface area contributed by atoms with Gasteiger partial charge in [0.1, 0.15) is 49.8 Å². The van der Waals surface area contributed by atoms with Crippen molar-refractivity contribution in [1.29, 1.82) is 0 Å². The van der Waals surface area contributed by atoms with Gasteiger partial charge < -0.3 is 72.3 Å². The number of aliphatic hydroxyl groups excluding tert-OH is 1. The van der Waals surface area contributed by atoms with Crippen molar-refractivity contribution in [3.63, 3.8) is 0 Å². The molecule has 0 spiro atoms. The second kappa shape index (κ2) is 29.2. The van der Waals surface area contributed by atoms with E-state index in [-0.39, 0.29) is 43.5 Å². The second-order valence-electron chi connectivity index (χ2n) is 26.1. The summed E-state index contributed by atoms with van der Waals surface area (Å²) in [6.07, 6.45) is -13.2. The van der Waals surface area contributed by atoms with Crippen LogP contribution in [0.25, 0.3) is 0 Å². The Balaban J connectivity index is 0.988. The van der Waals surface area contributed by atoms with E-state index < -0.39 is 136 Å². The summed E-state index contributed by atoms with van der Waals surface area (Å²) in [6, 6.07) is 46.6. The van der Waals surface area contributed by atoms with Crippen molar-refractivity contribution < 1.29 is 80.8 Å². The lowest BCUT2D eigenvalue weighted by Crippen LogP contribution is -2.70. The number of rotatable bonds is 20. The van der Waals surface area contributed by atoms with Crippen molar-refractivity contribution in [3.8, 4) is 0 Å². The van der Waals surface area contributed by atoms with Gasteiger partial charge in [0.05, 0.1) is 49.1 Å². The van der Waals surface area contributed by atoms with Crippen molar-refractivity contribution in [3.05, 3.63) is 168 Å². The molecule has 5 aliphatic heterocycles. The molecule has 1 aliphatic carbocycles. The lowest BCUT2D eigenvalue weighted by molar-refractivity contribution is -0.312. The normalized spacial score (nSPS) is 33.1. The van der Waals surface area contributed by atoms with Crippen molar-refractivity contribution in [2.45, 2.75) is 216 Å². The molecule has 20 heteroatoms. The molecule has 5 aromatic carbocycles. The molecule has 11 rings (SSSR count). The Morgan fingerprint density at radius 1 is 0.593 bits per heavy atom. The molecule has 1 saturated carbocycles. The van der Waals surface area contributed by atoms with E-state index in [0.717, 1.165) is 27.1 Å². The van der Waals surface area contributed by atoms with Gasteiger partial charge in [0, 0.05) is 18.8 Å². The average molecular weight is 1270 g/mol. The largest absolute Gasteiger partial charge is 0.459 e. The fraction of sp³-hybridized carbons (Fsp3) is 0.521. The third-order valence-electron chi connectivity index (χ3n) is 19.0. The molecule has 488 valence electrons. The van der Waals surface area contributed by atoms with Gasteiger partial charge in [0.25, 0.3) is 8.32 Å². The molecule has 0 radical (unpaired) electrons. The Kier molecular flexibility index (Phi) is 21.1. The zero-order valence-electron chi connectivity index (χ0n) is 53.1. The van der Waals surface area contributed by atoms with E-state index in [0.29, 0.717) is 32.1 Å². The van der Waals surface area contributed by atoms with Crippen LogP contribution in [0.15, 0.2) is 152 Å². The Bertz CT molecular complexity index is 3150. The second-order valence-corrected chi connectivity index (χ2v) is 30.3. The molecule has 6 aliphatic rings. The fourth-order valence-corrected chi connectivity index (χ4v) is 19.1. The number of hydrogen-bond acceptors (Lipinski definition) is 17. The van der Waals surface area contributed by atoms with Crippen LogP contribution in [0, 0.1) is 17.8 Å². The highest BCUT2D eigenvalue weighted by molar-refractivity contribution is 6.99. The van der Waals surface area contributed by atoms with Gasteiger partial charge in [-0.25, -0.2) is 9.59 Å². The first-order valence-electron chi connectivity index (χ1n) is 32.3. The van der Waals surface area contributed by atoms with Crippen LogP contribution >= 0.6 is 0 Å². The Morgan fingerprint density at radius 3 is 1.67 bits per heavy atom. The number of fused-ring (bicyclic) bond motifs is 2. The highest BCUT2D eigenvalue weighted by atomic mass is 28.4. The molecule has 5 heterocycles. The molecule has 0 aromatic heterocycles. The third-order valence-corrected chi connectivity index (χ3v) is 24.0. The predicted molar refractivity (Wildman–Crippen MR) is 337 cm³/mol. The molecular weight excluding hydrogens is 1180 g/mol.